The van der Waals surface area contributed by atoms with Crippen LogP contribution in [-0.4, -0.2) is 108 Å². The maximum Gasteiger partial charge on any atom is 0.411 e. The number of alkyl halides is 3. The van der Waals surface area contributed by atoms with Gasteiger partial charge in [-0.25, -0.2) is 14.4 Å². The molecule has 2 saturated heterocycles. The predicted octanol–water partition coefficient (Wildman–Crippen LogP) is 6.84. The number of hydrogen-bond donors (Lipinski definition) is 1. The third-order valence-corrected chi connectivity index (χ3v) is 12.7. The molecule has 0 aliphatic carbocycles. The maximum atomic E-state index is 14.5. The molecule has 6 rings (SSSR count). The first-order valence-electron chi connectivity index (χ1n) is 18.9. The average molecular weight is 908 g/mol. The average Bonchev–Trinajstić information content (AvgIpc) is 3.19. The summed E-state index contributed by atoms with van der Waals surface area (Å²) in [6, 6.07) is -1.21. The highest BCUT2D eigenvalue weighted by Gasteiger charge is 2.62. The number of halogens is 3. The SMILES string of the molecule is C=CCOC(=O)N1[C@@H]2c3c(cc(C)c(OC)c3C)C[C@H]1[C@H](C#N)N1[C@H]2[C@H]2SC[C@H](NC(=O)OCC(Cl)(Cl)Cl)C(=O)OC[C@H]1c1c(OCC=C)c(OC)c(C)c(OC(C)=O)c12. The Bertz CT molecular complexity index is 2140. The van der Waals surface area contributed by atoms with Crippen LogP contribution in [-0.2, 0) is 30.2 Å². The molecule has 15 nitrogen and oxygen atoms in total. The van der Waals surface area contributed by atoms with E-state index in [-0.39, 0.29) is 42.6 Å². The molecule has 0 aromatic heterocycles. The Morgan fingerprint density at radius 3 is 2.33 bits per heavy atom. The molecule has 4 aliphatic rings. The van der Waals surface area contributed by atoms with Crippen LogP contribution in [0.1, 0.15) is 63.2 Å². The lowest BCUT2D eigenvalue weighted by Crippen LogP contribution is -2.71. The Labute approximate surface area is 367 Å². The first-order chi connectivity index (χ1) is 28.5. The van der Waals surface area contributed by atoms with Crippen LogP contribution in [0.4, 0.5) is 9.59 Å². The lowest BCUT2D eigenvalue weighted by atomic mass is 9.70. The van der Waals surface area contributed by atoms with Crippen molar-refractivity contribution >= 4 is 70.7 Å². The number of piperazine rings is 1. The predicted molar refractivity (Wildman–Crippen MR) is 223 cm³/mol. The summed E-state index contributed by atoms with van der Waals surface area (Å²) in [4.78, 5) is 58.1. The van der Waals surface area contributed by atoms with E-state index in [1.165, 1.54) is 31.9 Å². The van der Waals surface area contributed by atoms with Crippen LogP contribution in [0.3, 0.4) is 0 Å². The zero-order valence-corrected chi connectivity index (χ0v) is 36.9. The van der Waals surface area contributed by atoms with Gasteiger partial charge in [-0.3, -0.25) is 14.6 Å². The Balaban J connectivity index is 1.69. The number of fused-ring (bicyclic) bond motifs is 7. The summed E-state index contributed by atoms with van der Waals surface area (Å²) in [5, 5.41) is 13.0. The van der Waals surface area contributed by atoms with Gasteiger partial charge in [0.15, 0.2) is 11.5 Å². The maximum absolute atomic E-state index is 14.5. The van der Waals surface area contributed by atoms with Crippen molar-refractivity contribution in [2.45, 2.75) is 79.4 Å². The summed E-state index contributed by atoms with van der Waals surface area (Å²) in [6.07, 6.45) is 1.57. The minimum absolute atomic E-state index is 0.0345. The number of aryl methyl sites for hydroxylation is 1. The highest BCUT2D eigenvalue weighted by Crippen LogP contribution is 2.63. The molecule has 0 spiro atoms. The normalized spacial score (nSPS) is 24.2. The van der Waals surface area contributed by atoms with E-state index in [1.807, 2.05) is 24.8 Å². The molecule has 2 amide bonds. The van der Waals surface area contributed by atoms with E-state index in [2.05, 4.69) is 24.5 Å². The third kappa shape index (κ3) is 8.26. The van der Waals surface area contributed by atoms with Crippen LogP contribution in [0.25, 0.3) is 0 Å². The second kappa shape index (κ2) is 18.2. The van der Waals surface area contributed by atoms with Gasteiger partial charge in [-0.2, -0.15) is 5.26 Å². The number of esters is 2. The van der Waals surface area contributed by atoms with Gasteiger partial charge in [0.25, 0.3) is 0 Å². The second-order valence-electron chi connectivity index (χ2n) is 14.6. The van der Waals surface area contributed by atoms with Crippen molar-refractivity contribution in [2.24, 2.45) is 0 Å². The molecular formula is C41H45Cl3N4O11S. The van der Waals surface area contributed by atoms with E-state index >= 15 is 0 Å². The van der Waals surface area contributed by atoms with Crippen LogP contribution < -0.4 is 24.3 Å². The number of nitriles is 1. The summed E-state index contributed by atoms with van der Waals surface area (Å²) in [6.45, 7) is 13.3. The minimum Gasteiger partial charge on any atom is -0.496 e. The zero-order valence-electron chi connectivity index (χ0n) is 33.8. The van der Waals surface area contributed by atoms with E-state index in [0.29, 0.717) is 22.4 Å². The third-order valence-electron chi connectivity index (χ3n) is 11.0. The lowest BCUT2D eigenvalue weighted by Gasteiger charge is -2.62. The molecule has 0 unspecified atom stereocenters. The first kappa shape index (κ1) is 45.0. The van der Waals surface area contributed by atoms with Gasteiger partial charge in [0.05, 0.1) is 49.7 Å². The number of hydrogen-bond acceptors (Lipinski definition) is 14. The molecule has 4 heterocycles. The fourth-order valence-electron chi connectivity index (χ4n) is 9.00. The Morgan fingerprint density at radius 1 is 1.02 bits per heavy atom. The Morgan fingerprint density at radius 2 is 1.72 bits per heavy atom. The molecule has 1 N–H and O–H groups in total. The van der Waals surface area contributed by atoms with E-state index in [9.17, 15) is 24.4 Å². The Kier molecular flexibility index (Phi) is 13.7. The first-order valence-corrected chi connectivity index (χ1v) is 21.1. The zero-order chi connectivity index (χ0) is 43.8. The monoisotopic (exact) mass is 906 g/mol. The van der Waals surface area contributed by atoms with Crippen LogP contribution >= 0.6 is 46.6 Å². The number of methoxy groups -OCH3 is 2. The summed E-state index contributed by atoms with van der Waals surface area (Å²) in [5.74, 6) is -0.301. The number of nitrogens with zero attached hydrogens (tertiary/aromatic N) is 3. The summed E-state index contributed by atoms with van der Waals surface area (Å²) < 4.78 is 39.4. The van der Waals surface area contributed by atoms with Gasteiger partial charge in [0, 0.05) is 29.4 Å². The number of amides is 2. The molecule has 322 valence electrons. The molecule has 2 aromatic carbocycles. The summed E-state index contributed by atoms with van der Waals surface area (Å²) in [5.41, 5.74) is 4.69. The van der Waals surface area contributed by atoms with E-state index in [1.54, 1.807) is 25.0 Å². The highest BCUT2D eigenvalue weighted by molar-refractivity contribution is 7.99. The number of nitrogens with one attached hydrogen (secondary N) is 1. The van der Waals surface area contributed by atoms with E-state index < -0.39 is 82.6 Å². The van der Waals surface area contributed by atoms with Crippen molar-refractivity contribution in [1.29, 1.82) is 5.26 Å². The quantitative estimate of drug-likeness (QED) is 0.0863. The number of cyclic esters (lactones) is 1. The number of ether oxygens (including phenoxy) is 7. The van der Waals surface area contributed by atoms with Crippen LogP contribution in [0.2, 0.25) is 0 Å². The topological polar surface area (TPSA) is 175 Å². The van der Waals surface area contributed by atoms with Gasteiger partial charge in [0.1, 0.15) is 50.0 Å². The summed E-state index contributed by atoms with van der Waals surface area (Å²) in [7, 11) is 3.03. The van der Waals surface area contributed by atoms with Gasteiger partial charge in [-0.1, -0.05) is 66.2 Å². The number of thioether (sulfide) groups is 1. The van der Waals surface area contributed by atoms with Gasteiger partial charge < -0.3 is 38.5 Å². The molecule has 60 heavy (non-hydrogen) atoms. The van der Waals surface area contributed by atoms with Crippen LogP contribution in [0.15, 0.2) is 31.4 Å². The number of carbonyl (C=O) groups excluding carboxylic acids is 4. The smallest absolute Gasteiger partial charge is 0.411 e. The fourth-order valence-corrected chi connectivity index (χ4v) is 10.7. The summed E-state index contributed by atoms with van der Waals surface area (Å²) >= 11 is 18.7. The van der Waals surface area contributed by atoms with Crippen molar-refractivity contribution < 1.29 is 52.3 Å². The fraction of sp³-hybridized carbons (Fsp3) is 0.488. The second-order valence-corrected chi connectivity index (χ2v) is 18.2. The minimum atomic E-state index is -1.92. The highest BCUT2D eigenvalue weighted by atomic mass is 35.6. The molecule has 4 bridgehead atoms. The number of rotatable bonds is 10. The molecule has 2 fully saturated rings. The lowest BCUT2D eigenvalue weighted by molar-refractivity contribution is -0.151. The number of alkyl carbamates (subject to hydrolysis) is 1. The number of carbonyl (C=O) groups is 4. The largest absolute Gasteiger partial charge is 0.496 e. The molecular weight excluding hydrogens is 863 g/mol. The van der Waals surface area contributed by atoms with Gasteiger partial charge in [-0.15, -0.1) is 11.8 Å². The molecule has 0 radical (unpaired) electrons. The van der Waals surface area contributed by atoms with Crippen LogP contribution in [0, 0.1) is 32.1 Å². The van der Waals surface area contributed by atoms with Gasteiger partial charge in [-0.05, 0) is 49.4 Å². The van der Waals surface area contributed by atoms with Gasteiger partial charge >= 0.3 is 24.1 Å². The standard InChI is InChI=1S/C41H45Cl3N4O11S/c1-9-11-55-36-29-27-16-57-38(50)24(46-39(51)58-18-41(42,43)44)17-60-37(30(29)34(59-22(6)49)21(5)35(36)54-8)32-31-28-20(4)33(53-7)19(3)13-23(28)14-25(26(15-45)47(27)32)48(31)40(52)56-12-10-2/h9-10,13,24-27,31-32,37H,1-2,11-12,14,16-18H2,3-8H3,(H,46,51)/t24-,25-,26-,27-,31+,32+,37-/m0/s1. The molecule has 4 aliphatic heterocycles. The van der Waals surface area contributed by atoms with Crippen molar-refractivity contribution in [2.75, 3.05) is 46.4 Å². The van der Waals surface area contributed by atoms with Crippen LogP contribution in [0.5, 0.6) is 23.0 Å². The molecule has 2 aromatic rings. The van der Waals surface area contributed by atoms with Crippen molar-refractivity contribution in [3.05, 3.63) is 70.3 Å². The molecule has 7 atom stereocenters. The van der Waals surface area contributed by atoms with E-state index in [4.69, 9.17) is 68.0 Å². The van der Waals surface area contributed by atoms with Crippen molar-refractivity contribution in [3.8, 4) is 29.1 Å². The van der Waals surface area contributed by atoms with Crippen molar-refractivity contribution in [1.82, 2.24) is 15.1 Å². The molecule has 19 heteroatoms. The Hall–Kier alpha value is -4.53. The number of benzene rings is 2. The molecule has 0 saturated carbocycles. The van der Waals surface area contributed by atoms with Gasteiger partial charge in [0.2, 0.25) is 3.79 Å². The van der Waals surface area contributed by atoms with E-state index in [0.717, 1.165) is 22.3 Å². The van der Waals surface area contributed by atoms with Crippen molar-refractivity contribution in [3.63, 3.8) is 0 Å².